The van der Waals surface area contributed by atoms with Crippen molar-refractivity contribution in [1.29, 1.82) is 0 Å². The van der Waals surface area contributed by atoms with Gasteiger partial charge in [-0.15, -0.1) is 0 Å². The molecule has 2 rings (SSSR count). The summed E-state index contributed by atoms with van der Waals surface area (Å²) in [6.45, 7) is 5.28. The van der Waals surface area contributed by atoms with Crippen LogP contribution in [-0.4, -0.2) is 16.5 Å². The number of benzene rings is 1. The van der Waals surface area contributed by atoms with Gasteiger partial charge in [-0.2, -0.15) is 4.98 Å². The van der Waals surface area contributed by atoms with Gasteiger partial charge < -0.3 is 11.1 Å². The van der Waals surface area contributed by atoms with E-state index >= 15 is 0 Å². The third kappa shape index (κ3) is 3.10. The van der Waals surface area contributed by atoms with Crippen molar-refractivity contribution >= 4 is 38.6 Å². The molecule has 0 bridgehead atoms. The van der Waals surface area contributed by atoms with Crippen LogP contribution in [0, 0.1) is 5.92 Å². The maximum atomic E-state index is 5.72. The Morgan fingerprint density at radius 3 is 2.83 bits per heavy atom. The van der Waals surface area contributed by atoms with Gasteiger partial charge in [-0.1, -0.05) is 29.8 Å². The summed E-state index contributed by atoms with van der Waals surface area (Å²) < 4.78 is 1.01. The van der Waals surface area contributed by atoms with Gasteiger partial charge in [0.05, 0.1) is 5.52 Å². The van der Waals surface area contributed by atoms with Crippen LogP contribution in [0.25, 0.3) is 10.9 Å². The van der Waals surface area contributed by atoms with Crippen LogP contribution in [0.1, 0.15) is 20.3 Å². The summed E-state index contributed by atoms with van der Waals surface area (Å²) in [5.41, 5.74) is 6.58. The molecule has 1 aromatic carbocycles. The van der Waals surface area contributed by atoms with Crippen LogP contribution in [0.4, 0.5) is 11.8 Å². The van der Waals surface area contributed by atoms with Gasteiger partial charge in [-0.3, -0.25) is 0 Å². The molecule has 2 aromatic rings. The molecule has 0 spiro atoms. The minimum Gasteiger partial charge on any atom is -0.369 e. The second-order valence-electron chi connectivity index (χ2n) is 4.70. The average Bonchev–Trinajstić information content (AvgIpc) is 2.29. The standard InChI is InChI=1S/C13H17BrN4/c1-8(2)5-6-16-12-10-7-9(14)3-4-11(10)17-13(15)18-12/h3-4,7-8H,5-6H2,1-2H3,(H3,15,16,17,18). The van der Waals surface area contributed by atoms with Crippen LogP contribution in [0.15, 0.2) is 22.7 Å². The Labute approximate surface area is 115 Å². The van der Waals surface area contributed by atoms with E-state index < -0.39 is 0 Å². The van der Waals surface area contributed by atoms with Crippen LogP contribution >= 0.6 is 15.9 Å². The van der Waals surface area contributed by atoms with Gasteiger partial charge in [0.1, 0.15) is 5.82 Å². The molecule has 0 amide bonds. The zero-order valence-electron chi connectivity index (χ0n) is 10.6. The number of halogens is 1. The van der Waals surface area contributed by atoms with Crippen molar-refractivity contribution in [3.63, 3.8) is 0 Å². The SMILES string of the molecule is CC(C)CCNc1nc(N)nc2ccc(Br)cc12. The Bertz CT molecular complexity index is 554. The molecule has 96 valence electrons. The molecule has 3 N–H and O–H groups in total. The van der Waals surface area contributed by atoms with Crippen LogP contribution in [0.3, 0.4) is 0 Å². The maximum Gasteiger partial charge on any atom is 0.222 e. The molecule has 0 aliphatic heterocycles. The van der Waals surface area contributed by atoms with E-state index in [1.165, 1.54) is 0 Å². The van der Waals surface area contributed by atoms with Gasteiger partial charge in [-0.25, -0.2) is 4.98 Å². The highest BCUT2D eigenvalue weighted by atomic mass is 79.9. The topological polar surface area (TPSA) is 63.8 Å². The first kappa shape index (κ1) is 13.1. The van der Waals surface area contributed by atoms with Crippen molar-refractivity contribution < 1.29 is 0 Å². The number of nitrogens with one attached hydrogen (secondary N) is 1. The second-order valence-corrected chi connectivity index (χ2v) is 5.62. The lowest BCUT2D eigenvalue weighted by Crippen LogP contribution is -2.08. The predicted molar refractivity (Wildman–Crippen MR) is 79.6 cm³/mol. The van der Waals surface area contributed by atoms with Crippen LogP contribution < -0.4 is 11.1 Å². The Hall–Kier alpha value is -1.36. The molecular formula is C13H17BrN4. The second kappa shape index (κ2) is 5.52. The Morgan fingerprint density at radius 1 is 1.33 bits per heavy atom. The van der Waals surface area contributed by atoms with Crippen molar-refractivity contribution in [1.82, 2.24) is 9.97 Å². The number of anilines is 2. The Kier molecular flexibility index (Phi) is 4.01. The maximum absolute atomic E-state index is 5.72. The van der Waals surface area contributed by atoms with Crippen molar-refractivity contribution in [3.05, 3.63) is 22.7 Å². The van der Waals surface area contributed by atoms with Gasteiger partial charge in [0.25, 0.3) is 0 Å². The summed E-state index contributed by atoms with van der Waals surface area (Å²) in [7, 11) is 0. The van der Waals surface area contributed by atoms with E-state index in [1.807, 2.05) is 18.2 Å². The molecule has 1 heterocycles. The number of hydrogen-bond acceptors (Lipinski definition) is 4. The number of rotatable bonds is 4. The average molecular weight is 309 g/mol. The van der Waals surface area contributed by atoms with Crippen LogP contribution in [-0.2, 0) is 0 Å². The van der Waals surface area contributed by atoms with Crippen LogP contribution in [0.5, 0.6) is 0 Å². The Balaban J connectivity index is 2.32. The number of hydrogen-bond donors (Lipinski definition) is 2. The van der Waals surface area contributed by atoms with Gasteiger partial charge in [0.2, 0.25) is 5.95 Å². The van der Waals surface area contributed by atoms with E-state index in [1.54, 1.807) is 0 Å². The Morgan fingerprint density at radius 2 is 2.11 bits per heavy atom. The van der Waals surface area contributed by atoms with E-state index in [2.05, 4.69) is 45.1 Å². The minimum absolute atomic E-state index is 0.303. The normalized spacial score (nSPS) is 11.1. The van der Waals surface area contributed by atoms with Gasteiger partial charge >= 0.3 is 0 Å². The molecular weight excluding hydrogens is 292 g/mol. The summed E-state index contributed by atoms with van der Waals surface area (Å²) >= 11 is 3.46. The molecule has 5 heteroatoms. The highest BCUT2D eigenvalue weighted by molar-refractivity contribution is 9.10. The summed E-state index contributed by atoms with van der Waals surface area (Å²) in [6.07, 6.45) is 1.10. The zero-order valence-corrected chi connectivity index (χ0v) is 12.2. The quantitative estimate of drug-likeness (QED) is 0.908. The third-order valence-corrected chi connectivity index (χ3v) is 3.18. The van der Waals surface area contributed by atoms with Gasteiger partial charge in [0.15, 0.2) is 0 Å². The number of nitrogen functional groups attached to an aromatic ring is 1. The van der Waals surface area contributed by atoms with Crippen molar-refractivity contribution in [3.8, 4) is 0 Å². The summed E-state index contributed by atoms with van der Waals surface area (Å²) in [6, 6.07) is 5.89. The predicted octanol–water partition coefficient (Wildman–Crippen LogP) is 3.43. The third-order valence-electron chi connectivity index (χ3n) is 2.69. The molecule has 0 fully saturated rings. The fourth-order valence-corrected chi connectivity index (χ4v) is 2.09. The molecule has 0 aliphatic carbocycles. The molecule has 4 nitrogen and oxygen atoms in total. The molecule has 18 heavy (non-hydrogen) atoms. The molecule has 0 atom stereocenters. The molecule has 0 aliphatic rings. The molecule has 0 saturated heterocycles. The monoisotopic (exact) mass is 308 g/mol. The highest BCUT2D eigenvalue weighted by Gasteiger charge is 2.06. The molecule has 0 unspecified atom stereocenters. The lowest BCUT2D eigenvalue weighted by molar-refractivity contribution is 0.607. The lowest BCUT2D eigenvalue weighted by atomic mass is 10.1. The van der Waals surface area contributed by atoms with Crippen LogP contribution in [0.2, 0.25) is 0 Å². The number of aromatic nitrogens is 2. The first-order valence-corrected chi connectivity index (χ1v) is 6.82. The zero-order chi connectivity index (χ0) is 13.1. The molecule has 1 aromatic heterocycles. The smallest absolute Gasteiger partial charge is 0.222 e. The first-order valence-electron chi connectivity index (χ1n) is 6.03. The van der Waals surface area contributed by atoms with Crippen molar-refractivity contribution in [2.75, 3.05) is 17.6 Å². The summed E-state index contributed by atoms with van der Waals surface area (Å²) in [5.74, 6) is 1.77. The number of fused-ring (bicyclic) bond motifs is 1. The largest absolute Gasteiger partial charge is 0.369 e. The minimum atomic E-state index is 0.303. The van der Waals surface area contributed by atoms with E-state index in [4.69, 9.17) is 5.73 Å². The van der Waals surface area contributed by atoms with E-state index in [0.717, 1.165) is 34.2 Å². The van der Waals surface area contributed by atoms with E-state index in [9.17, 15) is 0 Å². The van der Waals surface area contributed by atoms with E-state index in [-0.39, 0.29) is 0 Å². The van der Waals surface area contributed by atoms with E-state index in [0.29, 0.717) is 11.9 Å². The van der Waals surface area contributed by atoms with Gasteiger partial charge in [0, 0.05) is 16.4 Å². The molecule has 0 radical (unpaired) electrons. The number of nitrogens with two attached hydrogens (primary N) is 1. The van der Waals surface area contributed by atoms with Crippen molar-refractivity contribution in [2.45, 2.75) is 20.3 Å². The summed E-state index contributed by atoms with van der Waals surface area (Å²) in [4.78, 5) is 8.50. The lowest BCUT2D eigenvalue weighted by Gasteiger charge is -2.10. The number of nitrogens with zero attached hydrogens (tertiary/aromatic N) is 2. The summed E-state index contributed by atoms with van der Waals surface area (Å²) in [5, 5.41) is 4.32. The van der Waals surface area contributed by atoms with Gasteiger partial charge in [-0.05, 0) is 30.5 Å². The highest BCUT2D eigenvalue weighted by Crippen LogP contribution is 2.24. The fourth-order valence-electron chi connectivity index (χ4n) is 1.73. The molecule has 0 saturated carbocycles. The fraction of sp³-hybridized carbons (Fsp3) is 0.385. The van der Waals surface area contributed by atoms with Crippen molar-refractivity contribution in [2.24, 2.45) is 5.92 Å². The first-order chi connectivity index (χ1) is 8.56.